The summed E-state index contributed by atoms with van der Waals surface area (Å²) >= 11 is 1.77. The van der Waals surface area contributed by atoms with Gasteiger partial charge in [0.2, 0.25) is 5.91 Å². The van der Waals surface area contributed by atoms with E-state index in [2.05, 4.69) is 33.9 Å². The highest BCUT2D eigenvalue weighted by Gasteiger charge is 2.26. The maximum absolute atomic E-state index is 11.7. The van der Waals surface area contributed by atoms with Crippen LogP contribution in [0.4, 0.5) is 4.79 Å². The number of thiophene rings is 1. The molecule has 18 heavy (non-hydrogen) atoms. The summed E-state index contributed by atoms with van der Waals surface area (Å²) in [7, 11) is 1.49. The van der Waals surface area contributed by atoms with E-state index in [1.165, 1.54) is 17.5 Å². The minimum atomic E-state index is -0.458. The van der Waals surface area contributed by atoms with Gasteiger partial charge in [0.25, 0.3) is 0 Å². The first-order chi connectivity index (χ1) is 8.61. The molecule has 0 bridgehead atoms. The van der Waals surface area contributed by atoms with Crippen LogP contribution in [-0.4, -0.2) is 37.0 Å². The van der Waals surface area contributed by atoms with Crippen molar-refractivity contribution in [1.29, 1.82) is 0 Å². The molecule has 3 amide bonds. The minimum Gasteiger partial charge on any atom is -0.341 e. The molecule has 1 aromatic rings. The third-order valence-electron chi connectivity index (χ3n) is 3.23. The van der Waals surface area contributed by atoms with E-state index in [1.807, 2.05) is 0 Å². The van der Waals surface area contributed by atoms with E-state index in [4.69, 9.17) is 0 Å². The average Bonchev–Trinajstić information content (AvgIpc) is 2.81. The Bertz CT molecular complexity index is 458. The van der Waals surface area contributed by atoms with Crippen LogP contribution < -0.4 is 10.6 Å². The Morgan fingerprint density at radius 3 is 3.06 bits per heavy atom. The summed E-state index contributed by atoms with van der Waals surface area (Å²) < 4.78 is 0. The number of hydrogen-bond donors (Lipinski definition) is 2. The van der Waals surface area contributed by atoms with Crippen molar-refractivity contribution in [1.82, 2.24) is 15.5 Å². The highest BCUT2D eigenvalue weighted by Crippen LogP contribution is 2.32. The molecule has 5 nitrogen and oxygen atoms in total. The fourth-order valence-corrected chi connectivity index (χ4v) is 3.15. The Kier molecular flexibility index (Phi) is 3.98. The van der Waals surface area contributed by atoms with Crippen molar-refractivity contribution in [3.63, 3.8) is 0 Å². The number of nitrogens with zero attached hydrogens (tertiary/aromatic N) is 1. The lowest BCUT2D eigenvalue weighted by atomic mass is 10.0. The molecule has 1 aromatic heterocycles. The Morgan fingerprint density at radius 1 is 1.56 bits per heavy atom. The summed E-state index contributed by atoms with van der Waals surface area (Å²) in [6.45, 7) is 3.21. The Labute approximate surface area is 110 Å². The molecule has 2 N–H and O–H groups in total. The van der Waals surface area contributed by atoms with Gasteiger partial charge in [-0.15, -0.1) is 11.3 Å². The predicted molar refractivity (Wildman–Crippen MR) is 70.6 cm³/mol. The highest BCUT2D eigenvalue weighted by atomic mass is 32.1. The van der Waals surface area contributed by atoms with Crippen molar-refractivity contribution in [2.45, 2.75) is 19.4 Å². The second-order valence-electron chi connectivity index (χ2n) is 4.32. The molecule has 0 fully saturated rings. The van der Waals surface area contributed by atoms with E-state index in [0.29, 0.717) is 0 Å². The number of carbonyl (C=O) groups excluding carboxylic acids is 2. The summed E-state index contributed by atoms with van der Waals surface area (Å²) in [5, 5.41) is 6.75. The third-order valence-corrected chi connectivity index (χ3v) is 4.23. The summed E-state index contributed by atoms with van der Waals surface area (Å²) in [4.78, 5) is 26.2. The van der Waals surface area contributed by atoms with E-state index in [0.717, 1.165) is 13.0 Å². The van der Waals surface area contributed by atoms with Gasteiger partial charge in [0, 0.05) is 24.5 Å². The fraction of sp³-hybridized carbons (Fsp3) is 0.500. The van der Waals surface area contributed by atoms with Crippen LogP contribution in [0.25, 0.3) is 0 Å². The summed E-state index contributed by atoms with van der Waals surface area (Å²) in [6, 6.07) is 1.89. The van der Waals surface area contributed by atoms with Crippen LogP contribution in [-0.2, 0) is 11.2 Å². The van der Waals surface area contributed by atoms with Crippen molar-refractivity contribution in [2.75, 3.05) is 20.1 Å². The van der Waals surface area contributed by atoms with Gasteiger partial charge in [0.15, 0.2) is 0 Å². The summed E-state index contributed by atoms with van der Waals surface area (Å²) in [5.41, 5.74) is 1.30. The molecule has 1 unspecified atom stereocenters. The van der Waals surface area contributed by atoms with Crippen molar-refractivity contribution in [3.05, 3.63) is 21.9 Å². The SMILES string of the molecule is CNC(=O)NC(=O)CN1CCc2sccc2C1C. The van der Waals surface area contributed by atoms with Gasteiger partial charge in [-0.2, -0.15) is 0 Å². The van der Waals surface area contributed by atoms with Crippen LogP contribution in [0.2, 0.25) is 0 Å². The number of carbonyl (C=O) groups is 2. The van der Waals surface area contributed by atoms with Gasteiger partial charge in [0.05, 0.1) is 6.54 Å². The second kappa shape index (κ2) is 5.49. The maximum Gasteiger partial charge on any atom is 0.321 e. The Hall–Kier alpha value is -1.40. The second-order valence-corrected chi connectivity index (χ2v) is 5.32. The van der Waals surface area contributed by atoms with Gasteiger partial charge in [-0.3, -0.25) is 15.0 Å². The normalized spacial score (nSPS) is 19.1. The zero-order valence-electron chi connectivity index (χ0n) is 10.5. The lowest BCUT2D eigenvalue weighted by molar-refractivity contribution is -0.121. The number of fused-ring (bicyclic) bond motifs is 1. The lowest BCUT2D eigenvalue weighted by Gasteiger charge is -2.32. The van der Waals surface area contributed by atoms with Crippen LogP contribution >= 0.6 is 11.3 Å². The van der Waals surface area contributed by atoms with Gasteiger partial charge in [-0.25, -0.2) is 4.79 Å². The number of hydrogen-bond acceptors (Lipinski definition) is 4. The van der Waals surface area contributed by atoms with Crippen LogP contribution in [0, 0.1) is 0 Å². The quantitative estimate of drug-likeness (QED) is 0.844. The van der Waals surface area contributed by atoms with Crippen LogP contribution in [0.5, 0.6) is 0 Å². The van der Waals surface area contributed by atoms with Crippen LogP contribution in [0.1, 0.15) is 23.4 Å². The van der Waals surface area contributed by atoms with E-state index in [1.54, 1.807) is 11.3 Å². The number of rotatable bonds is 2. The van der Waals surface area contributed by atoms with E-state index in [9.17, 15) is 9.59 Å². The molecule has 6 heteroatoms. The standard InChI is InChI=1S/C12H17N3O2S/c1-8-9-4-6-18-10(9)3-5-15(8)7-11(16)14-12(17)13-2/h4,6,8H,3,5,7H2,1-2H3,(H2,13,14,16,17). The highest BCUT2D eigenvalue weighted by molar-refractivity contribution is 7.10. The smallest absolute Gasteiger partial charge is 0.321 e. The topological polar surface area (TPSA) is 61.4 Å². The molecule has 0 aromatic carbocycles. The first-order valence-corrected chi connectivity index (χ1v) is 6.81. The summed E-state index contributed by atoms with van der Waals surface area (Å²) in [6.07, 6.45) is 0.977. The Balaban J connectivity index is 1.96. The zero-order chi connectivity index (χ0) is 13.1. The van der Waals surface area contributed by atoms with Gasteiger partial charge < -0.3 is 5.32 Å². The van der Waals surface area contributed by atoms with E-state index in [-0.39, 0.29) is 18.5 Å². The molecule has 98 valence electrons. The van der Waals surface area contributed by atoms with Crippen molar-refractivity contribution >= 4 is 23.3 Å². The molecule has 2 rings (SSSR count). The molecule has 2 heterocycles. The van der Waals surface area contributed by atoms with E-state index >= 15 is 0 Å². The molecule has 0 saturated heterocycles. The van der Waals surface area contributed by atoms with Crippen molar-refractivity contribution in [2.24, 2.45) is 0 Å². The molecular weight excluding hydrogens is 250 g/mol. The minimum absolute atomic E-state index is 0.232. The number of amides is 3. The fourth-order valence-electron chi connectivity index (χ4n) is 2.19. The van der Waals surface area contributed by atoms with Crippen LogP contribution in [0.15, 0.2) is 11.4 Å². The molecular formula is C12H17N3O2S. The number of imide groups is 1. The molecule has 1 aliphatic heterocycles. The lowest BCUT2D eigenvalue weighted by Crippen LogP contribution is -2.45. The first-order valence-electron chi connectivity index (χ1n) is 5.93. The van der Waals surface area contributed by atoms with Gasteiger partial charge in [-0.1, -0.05) is 0 Å². The molecule has 0 saturated carbocycles. The maximum atomic E-state index is 11.7. The van der Waals surface area contributed by atoms with Gasteiger partial charge >= 0.3 is 6.03 Å². The van der Waals surface area contributed by atoms with Crippen molar-refractivity contribution < 1.29 is 9.59 Å². The van der Waals surface area contributed by atoms with Crippen LogP contribution in [0.3, 0.4) is 0 Å². The molecule has 0 spiro atoms. The first kappa shape index (κ1) is 13.0. The number of nitrogens with one attached hydrogen (secondary N) is 2. The third kappa shape index (κ3) is 2.70. The monoisotopic (exact) mass is 267 g/mol. The summed E-state index contributed by atoms with van der Waals surface area (Å²) in [5.74, 6) is -0.264. The Morgan fingerprint density at radius 2 is 2.33 bits per heavy atom. The molecule has 0 aliphatic carbocycles. The number of urea groups is 1. The predicted octanol–water partition coefficient (Wildman–Crippen LogP) is 1.12. The van der Waals surface area contributed by atoms with Gasteiger partial charge in [-0.05, 0) is 30.4 Å². The van der Waals surface area contributed by atoms with E-state index < -0.39 is 6.03 Å². The largest absolute Gasteiger partial charge is 0.341 e. The molecule has 1 aliphatic rings. The molecule has 1 atom stereocenters. The zero-order valence-corrected chi connectivity index (χ0v) is 11.3. The average molecular weight is 267 g/mol. The van der Waals surface area contributed by atoms with Crippen molar-refractivity contribution in [3.8, 4) is 0 Å². The van der Waals surface area contributed by atoms with Gasteiger partial charge in [0.1, 0.15) is 0 Å². The molecule has 0 radical (unpaired) electrons.